The van der Waals surface area contributed by atoms with E-state index < -0.39 is 5.97 Å². The van der Waals surface area contributed by atoms with Crippen LogP contribution in [0.1, 0.15) is 29.5 Å². The van der Waals surface area contributed by atoms with Crippen LogP contribution < -0.4 is 29.0 Å². The van der Waals surface area contributed by atoms with Gasteiger partial charge in [0.2, 0.25) is 0 Å². The van der Waals surface area contributed by atoms with Gasteiger partial charge in [0.05, 0.1) is 18.9 Å². The number of benzene rings is 3. The maximum Gasteiger partial charge on any atom is 0.349 e. The Kier molecular flexibility index (Phi) is 8.23. The number of carbonyl (C=O) groups excluding carboxylic acids is 2. The molecule has 4 aromatic rings. The van der Waals surface area contributed by atoms with Gasteiger partial charge in [-0.3, -0.25) is 10.1 Å². The third kappa shape index (κ3) is 6.66. The monoisotopic (exact) mass is 586 g/mol. The second kappa shape index (κ2) is 12.5. The minimum absolute atomic E-state index is 0.169. The highest BCUT2D eigenvalue weighted by Gasteiger charge is 2.17. The third-order valence-electron chi connectivity index (χ3n) is 6.89. The van der Waals surface area contributed by atoms with E-state index in [2.05, 4.69) is 10.3 Å². The van der Waals surface area contributed by atoms with Crippen molar-refractivity contribution in [2.75, 3.05) is 31.7 Å². The highest BCUT2D eigenvalue weighted by Crippen LogP contribution is 2.34. The average Bonchev–Trinajstić information content (AvgIpc) is 3.47. The molecule has 10 heteroatoms. The van der Waals surface area contributed by atoms with Crippen LogP contribution in [0.4, 0.5) is 5.13 Å². The number of thiazole rings is 1. The molecule has 0 fully saturated rings. The molecule has 0 saturated heterocycles. The lowest BCUT2D eigenvalue weighted by atomic mass is 10.1. The number of hydrogen-bond acceptors (Lipinski definition) is 9. The minimum Gasteiger partial charge on any atom is -0.493 e. The van der Waals surface area contributed by atoms with Crippen molar-refractivity contribution in [1.29, 1.82) is 0 Å². The van der Waals surface area contributed by atoms with Crippen LogP contribution in [0.3, 0.4) is 0 Å². The molecular weight excluding hydrogens is 556 g/mol. The Morgan fingerprint density at radius 3 is 2.24 bits per heavy atom. The molecule has 0 saturated carbocycles. The third-order valence-corrected chi connectivity index (χ3v) is 7.64. The molecule has 6 rings (SSSR count). The number of esters is 1. The molecule has 2 aliphatic heterocycles. The molecule has 0 unspecified atom stereocenters. The number of ether oxygens (including phenoxy) is 5. The van der Waals surface area contributed by atoms with Crippen LogP contribution in [0.5, 0.6) is 28.7 Å². The fourth-order valence-corrected chi connectivity index (χ4v) is 5.53. The molecule has 1 amide bonds. The van der Waals surface area contributed by atoms with Gasteiger partial charge in [-0.1, -0.05) is 23.8 Å². The molecule has 0 radical (unpaired) electrons. The quantitative estimate of drug-likeness (QED) is 0.195. The molecule has 3 aromatic carbocycles. The molecule has 3 heterocycles. The van der Waals surface area contributed by atoms with Gasteiger partial charge >= 0.3 is 5.97 Å². The van der Waals surface area contributed by atoms with E-state index in [0.29, 0.717) is 46.9 Å². The van der Waals surface area contributed by atoms with Crippen molar-refractivity contribution >= 4 is 28.3 Å². The Labute approximate surface area is 247 Å². The lowest BCUT2D eigenvalue weighted by Gasteiger charge is -2.18. The normalized spacial score (nSPS) is 13.5. The largest absolute Gasteiger partial charge is 0.493 e. The van der Waals surface area contributed by atoms with Gasteiger partial charge in [0.15, 0.2) is 18.3 Å². The van der Waals surface area contributed by atoms with E-state index >= 15 is 0 Å². The van der Waals surface area contributed by atoms with Crippen LogP contribution in [-0.2, 0) is 22.4 Å². The first kappa shape index (κ1) is 27.6. The van der Waals surface area contributed by atoms with Gasteiger partial charge in [0.1, 0.15) is 28.7 Å². The highest BCUT2D eigenvalue weighted by atomic mass is 32.1. The van der Waals surface area contributed by atoms with Crippen molar-refractivity contribution in [2.24, 2.45) is 0 Å². The maximum absolute atomic E-state index is 12.7. The van der Waals surface area contributed by atoms with Crippen molar-refractivity contribution in [2.45, 2.75) is 32.6 Å². The van der Waals surface area contributed by atoms with E-state index in [4.69, 9.17) is 23.7 Å². The zero-order chi connectivity index (χ0) is 28.9. The smallest absolute Gasteiger partial charge is 0.349 e. The SMILES string of the molecule is Cc1ccc(OC(=O)COc2ccc3c(c2)OCCC3)c(-c2csc(NC(=O)COc3ccc4c(c3)OCCC4)n2)c1. The van der Waals surface area contributed by atoms with E-state index in [-0.39, 0.29) is 19.1 Å². The lowest BCUT2D eigenvalue weighted by molar-refractivity contribution is -0.136. The van der Waals surface area contributed by atoms with E-state index in [1.54, 1.807) is 17.5 Å². The average molecular weight is 587 g/mol. The topological polar surface area (TPSA) is 105 Å². The summed E-state index contributed by atoms with van der Waals surface area (Å²) in [5.74, 6) is 2.17. The molecule has 0 atom stereocenters. The number of aryl methyl sites for hydroxylation is 3. The van der Waals surface area contributed by atoms with Gasteiger partial charge in [0.25, 0.3) is 5.91 Å². The summed E-state index contributed by atoms with van der Waals surface area (Å²) in [6, 6.07) is 16.7. The standard InChI is InChI=1S/C32H30N2O7S/c1-20-6-11-27(41-31(36)18-40-24-10-8-22-5-3-13-38-29(22)16-24)25(14-20)26-19-42-32(33-26)34-30(35)17-39-23-9-7-21-4-2-12-37-28(21)15-23/h6-11,14-16,19H,2-5,12-13,17-18H2,1H3,(H,33,34,35). The summed E-state index contributed by atoms with van der Waals surface area (Å²) in [6.07, 6.45) is 3.93. The summed E-state index contributed by atoms with van der Waals surface area (Å²) in [4.78, 5) is 29.8. The number of amides is 1. The summed E-state index contributed by atoms with van der Waals surface area (Å²) < 4.78 is 28.4. The van der Waals surface area contributed by atoms with Crippen molar-refractivity contribution < 1.29 is 33.3 Å². The first-order chi connectivity index (χ1) is 20.5. The fourth-order valence-electron chi connectivity index (χ4n) is 4.81. The molecular formula is C32H30N2O7S. The van der Waals surface area contributed by atoms with Gasteiger partial charge in [-0.25, -0.2) is 9.78 Å². The second-order valence-electron chi connectivity index (χ2n) is 10.1. The number of fused-ring (bicyclic) bond motifs is 2. The molecule has 9 nitrogen and oxygen atoms in total. The maximum atomic E-state index is 12.7. The van der Waals surface area contributed by atoms with E-state index in [0.717, 1.165) is 53.9 Å². The Morgan fingerprint density at radius 1 is 0.881 bits per heavy atom. The van der Waals surface area contributed by atoms with E-state index in [1.165, 1.54) is 11.3 Å². The first-order valence-corrected chi connectivity index (χ1v) is 14.7. The van der Waals surface area contributed by atoms with Gasteiger partial charge < -0.3 is 23.7 Å². The number of aromatic nitrogens is 1. The second-order valence-corrected chi connectivity index (χ2v) is 10.9. The summed E-state index contributed by atoms with van der Waals surface area (Å²) in [5, 5.41) is 4.98. The highest BCUT2D eigenvalue weighted by molar-refractivity contribution is 7.14. The Hall–Kier alpha value is -4.57. The molecule has 0 aliphatic carbocycles. The Bertz CT molecular complexity index is 1620. The molecule has 1 aromatic heterocycles. The van der Waals surface area contributed by atoms with E-state index in [1.807, 2.05) is 49.4 Å². The fraction of sp³-hybridized carbons (Fsp3) is 0.281. The molecule has 1 N–H and O–H groups in total. The summed E-state index contributed by atoms with van der Waals surface area (Å²) >= 11 is 1.27. The lowest BCUT2D eigenvalue weighted by Crippen LogP contribution is -2.20. The molecule has 42 heavy (non-hydrogen) atoms. The van der Waals surface area contributed by atoms with Crippen LogP contribution in [0.15, 0.2) is 60.0 Å². The number of nitrogens with one attached hydrogen (secondary N) is 1. The number of hydrogen-bond donors (Lipinski definition) is 1. The predicted octanol–water partition coefficient (Wildman–Crippen LogP) is 5.77. The van der Waals surface area contributed by atoms with Crippen LogP contribution >= 0.6 is 11.3 Å². The first-order valence-electron chi connectivity index (χ1n) is 13.8. The Balaban J connectivity index is 1.06. The Morgan fingerprint density at radius 2 is 1.55 bits per heavy atom. The van der Waals surface area contributed by atoms with Gasteiger partial charge in [-0.15, -0.1) is 11.3 Å². The van der Waals surface area contributed by atoms with Crippen LogP contribution in [0.25, 0.3) is 11.3 Å². The number of anilines is 1. The zero-order valence-corrected chi connectivity index (χ0v) is 24.0. The minimum atomic E-state index is -0.549. The van der Waals surface area contributed by atoms with Crippen LogP contribution in [0.2, 0.25) is 0 Å². The predicted molar refractivity (Wildman–Crippen MR) is 158 cm³/mol. The zero-order valence-electron chi connectivity index (χ0n) is 23.1. The molecule has 2 aliphatic rings. The van der Waals surface area contributed by atoms with Gasteiger partial charge in [-0.2, -0.15) is 0 Å². The van der Waals surface area contributed by atoms with Crippen molar-refractivity contribution in [3.63, 3.8) is 0 Å². The van der Waals surface area contributed by atoms with Crippen LogP contribution in [0, 0.1) is 6.92 Å². The molecule has 216 valence electrons. The van der Waals surface area contributed by atoms with Gasteiger partial charge in [0, 0.05) is 23.1 Å². The van der Waals surface area contributed by atoms with E-state index in [9.17, 15) is 9.59 Å². The molecule has 0 bridgehead atoms. The van der Waals surface area contributed by atoms with Gasteiger partial charge in [-0.05, 0) is 68.0 Å². The van der Waals surface area contributed by atoms with Crippen LogP contribution in [-0.4, -0.2) is 43.3 Å². The number of rotatable bonds is 9. The number of nitrogens with zero attached hydrogens (tertiary/aromatic N) is 1. The molecule has 0 spiro atoms. The summed E-state index contributed by atoms with van der Waals surface area (Å²) in [5.41, 5.74) is 4.45. The van der Waals surface area contributed by atoms with Crippen molar-refractivity contribution in [3.05, 3.63) is 76.7 Å². The van der Waals surface area contributed by atoms with Crippen molar-refractivity contribution in [1.82, 2.24) is 4.98 Å². The van der Waals surface area contributed by atoms with Crippen molar-refractivity contribution in [3.8, 4) is 40.0 Å². The summed E-state index contributed by atoms with van der Waals surface area (Å²) in [6.45, 7) is 2.87. The number of carbonyl (C=O) groups is 2. The summed E-state index contributed by atoms with van der Waals surface area (Å²) in [7, 11) is 0.